The number of hydrogen-bond donors (Lipinski definition) is 1. The number of halogens is 1. The van der Waals surface area contributed by atoms with Gasteiger partial charge in [-0.2, -0.15) is 0 Å². The van der Waals surface area contributed by atoms with Gasteiger partial charge in [-0.3, -0.25) is 9.59 Å². The topological polar surface area (TPSA) is 58.6 Å². The Bertz CT molecular complexity index is 821. The van der Waals surface area contributed by atoms with Crippen molar-refractivity contribution in [3.63, 3.8) is 0 Å². The van der Waals surface area contributed by atoms with E-state index in [9.17, 15) is 9.59 Å². The number of carbonyl (C=O) groups excluding carboxylic acids is 2. The third-order valence-electron chi connectivity index (χ3n) is 4.43. The first-order chi connectivity index (χ1) is 13.8. The number of ether oxygens (including phenoxy) is 1. The van der Waals surface area contributed by atoms with Gasteiger partial charge in [0.2, 0.25) is 5.91 Å². The predicted molar refractivity (Wildman–Crippen MR) is 119 cm³/mol. The van der Waals surface area contributed by atoms with E-state index in [-0.39, 0.29) is 24.5 Å². The van der Waals surface area contributed by atoms with Crippen LogP contribution in [0.4, 0.5) is 0 Å². The molecule has 0 spiro atoms. The number of aryl methyl sites for hydroxylation is 1. The normalized spacial score (nSPS) is 11.8. The highest BCUT2D eigenvalue weighted by Crippen LogP contribution is 2.18. The highest BCUT2D eigenvalue weighted by atomic mass is 79.9. The second kappa shape index (κ2) is 11.0. The molecule has 0 aliphatic carbocycles. The van der Waals surface area contributed by atoms with Gasteiger partial charge in [0.05, 0.1) is 0 Å². The zero-order valence-electron chi connectivity index (χ0n) is 17.4. The molecule has 6 heteroatoms. The van der Waals surface area contributed by atoms with Crippen LogP contribution in [0.1, 0.15) is 38.3 Å². The molecule has 0 saturated carbocycles. The predicted octanol–water partition coefficient (Wildman–Crippen LogP) is 4.47. The zero-order valence-corrected chi connectivity index (χ0v) is 19.0. The van der Waals surface area contributed by atoms with E-state index in [4.69, 9.17) is 4.74 Å². The minimum absolute atomic E-state index is 0.00601. The van der Waals surface area contributed by atoms with Crippen molar-refractivity contribution >= 4 is 27.7 Å². The van der Waals surface area contributed by atoms with Gasteiger partial charge in [-0.25, -0.2) is 0 Å². The summed E-state index contributed by atoms with van der Waals surface area (Å²) in [5, 5.41) is 2.93. The lowest BCUT2D eigenvalue weighted by atomic mass is 10.1. The van der Waals surface area contributed by atoms with Crippen molar-refractivity contribution in [1.82, 2.24) is 10.2 Å². The Morgan fingerprint density at radius 1 is 1.14 bits per heavy atom. The van der Waals surface area contributed by atoms with Crippen LogP contribution in [0.3, 0.4) is 0 Å². The number of benzene rings is 2. The molecule has 2 rings (SSSR count). The van der Waals surface area contributed by atoms with Crippen LogP contribution in [0, 0.1) is 6.92 Å². The van der Waals surface area contributed by atoms with Crippen molar-refractivity contribution in [2.45, 2.75) is 52.7 Å². The summed E-state index contributed by atoms with van der Waals surface area (Å²) in [5.74, 6) is 0.240. The molecule has 2 amide bonds. The maximum atomic E-state index is 13.1. The maximum absolute atomic E-state index is 13.1. The van der Waals surface area contributed by atoms with Crippen molar-refractivity contribution in [2.24, 2.45) is 0 Å². The van der Waals surface area contributed by atoms with Crippen molar-refractivity contribution in [2.75, 3.05) is 6.61 Å². The van der Waals surface area contributed by atoms with Crippen LogP contribution in [0.2, 0.25) is 0 Å². The molecular formula is C23H29BrN2O3. The van der Waals surface area contributed by atoms with E-state index in [1.54, 1.807) is 17.0 Å². The third-order valence-corrected chi connectivity index (χ3v) is 4.96. The third kappa shape index (κ3) is 7.20. The van der Waals surface area contributed by atoms with Gasteiger partial charge in [-0.05, 0) is 57.0 Å². The van der Waals surface area contributed by atoms with Gasteiger partial charge in [0.25, 0.3) is 5.91 Å². The fourth-order valence-electron chi connectivity index (χ4n) is 3.07. The Morgan fingerprint density at radius 3 is 2.41 bits per heavy atom. The van der Waals surface area contributed by atoms with Crippen LogP contribution in [0.25, 0.3) is 0 Å². The lowest BCUT2D eigenvalue weighted by Gasteiger charge is -2.31. The molecule has 0 aliphatic rings. The van der Waals surface area contributed by atoms with Crippen molar-refractivity contribution in [1.29, 1.82) is 0 Å². The Hall–Kier alpha value is -2.34. The van der Waals surface area contributed by atoms with Crippen LogP contribution >= 0.6 is 15.9 Å². The highest BCUT2D eigenvalue weighted by Gasteiger charge is 2.29. The SMILES string of the molecule is CC[C@@H](C(=O)NC(C)C)N(Cc1cccc(C)c1)C(=O)COc1ccc(Br)cc1. The van der Waals surface area contributed by atoms with Gasteiger partial charge >= 0.3 is 0 Å². The monoisotopic (exact) mass is 460 g/mol. The van der Waals surface area contributed by atoms with Gasteiger partial charge in [0.15, 0.2) is 6.61 Å². The zero-order chi connectivity index (χ0) is 21.4. The molecule has 0 aromatic heterocycles. The Kier molecular flexibility index (Phi) is 8.70. The highest BCUT2D eigenvalue weighted by molar-refractivity contribution is 9.10. The number of nitrogens with zero attached hydrogens (tertiary/aromatic N) is 1. The molecule has 0 aliphatic heterocycles. The van der Waals surface area contributed by atoms with Crippen LogP contribution < -0.4 is 10.1 Å². The molecule has 0 fully saturated rings. The fraction of sp³-hybridized carbons (Fsp3) is 0.391. The Morgan fingerprint density at radius 2 is 1.83 bits per heavy atom. The van der Waals surface area contributed by atoms with E-state index < -0.39 is 6.04 Å². The minimum atomic E-state index is -0.557. The van der Waals surface area contributed by atoms with Crippen LogP contribution in [-0.2, 0) is 16.1 Å². The summed E-state index contributed by atoms with van der Waals surface area (Å²) in [5.41, 5.74) is 2.10. The molecule has 0 bridgehead atoms. The Balaban J connectivity index is 2.20. The summed E-state index contributed by atoms with van der Waals surface area (Å²) in [6, 6.07) is 14.7. The summed E-state index contributed by atoms with van der Waals surface area (Å²) in [7, 11) is 0. The van der Waals surface area contributed by atoms with Gasteiger partial charge in [0.1, 0.15) is 11.8 Å². The van der Waals surface area contributed by atoms with Gasteiger partial charge < -0.3 is 15.0 Å². The van der Waals surface area contributed by atoms with Crippen molar-refractivity contribution in [3.05, 3.63) is 64.1 Å². The van der Waals surface area contributed by atoms with E-state index in [1.165, 1.54) is 0 Å². The fourth-order valence-corrected chi connectivity index (χ4v) is 3.33. The molecule has 1 atom stereocenters. The van der Waals surface area contributed by atoms with Crippen molar-refractivity contribution in [3.8, 4) is 5.75 Å². The quantitative estimate of drug-likeness (QED) is 0.600. The van der Waals surface area contributed by atoms with Gasteiger partial charge in [-0.15, -0.1) is 0 Å². The van der Waals surface area contributed by atoms with E-state index in [1.807, 2.05) is 64.1 Å². The van der Waals surface area contributed by atoms with Crippen LogP contribution in [-0.4, -0.2) is 35.4 Å². The minimum Gasteiger partial charge on any atom is -0.484 e. The molecule has 0 saturated heterocycles. The maximum Gasteiger partial charge on any atom is 0.261 e. The summed E-state index contributed by atoms with van der Waals surface area (Å²) in [4.78, 5) is 27.4. The molecule has 156 valence electrons. The molecule has 2 aromatic carbocycles. The number of hydrogen-bond acceptors (Lipinski definition) is 3. The van der Waals surface area contributed by atoms with Crippen LogP contribution in [0.15, 0.2) is 53.0 Å². The van der Waals surface area contributed by atoms with Gasteiger partial charge in [0, 0.05) is 17.1 Å². The van der Waals surface area contributed by atoms with E-state index in [0.717, 1.165) is 15.6 Å². The van der Waals surface area contributed by atoms with Crippen LogP contribution in [0.5, 0.6) is 5.75 Å². The largest absolute Gasteiger partial charge is 0.484 e. The summed E-state index contributed by atoms with van der Waals surface area (Å²) in [6.07, 6.45) is 0.522. The second-order valence-corrected chi connectivity index (χ2v) is 8.26. The van der Waals surface area contributed by atoms with E-state index >= 15 is 0 Å². The first-order valence-electron chi connectivity index (χ1n) is 9.84. The average molecular weight is 461 g/mol. The van der Waals surface area contributed by atoms with E-state index in [0.29, 0.717) is 18.7 Å². The second-order valence-electron chi connectivity index (χ2n) is 7.34. The first-order valence-corrected chi connectivity index (χ1v) is 10.6. The number of nitrogens with one attached hydrogen (secondary N) is 1. The molecule has 1 N–H and O–H groups in total. The molecule has 0 unspecified atom stereocenters. The molecular weight excluding hydrogens is 432 g/mol. The summed E-state index contributed by atoms with van der Waals surface area (Å²) >= 11 is 3.38. The first kappa shape index (κ1) is 22.9. The molecule has 5 nitrogen and oxygen atoms in total. The molecule has 0 radical (unpaired) electrons. The number of carbonyl (C=O) groups is 2. The smallest absolute Gasteiger partial charge is 0.261 e. The molecule has 29 heavy (non-hydrogen) atoms. The number of rotatable bonds is 9. The summed E-state index contributed by atoms with van der Waals surface area (Å²) in [6.45, 7) is 7.97. The average Bonchev–Trinajstić information content (AvgIpc) is 2.66. The molecule has 2 aromatic rings. The van der Waals surface area contributed by atoms with Crippen molar-refractivity contribution < 1.29 is 14.3 Å². The number of amides is 2. The van der Waals surface area contributed by atoms with Gasteiger partial charge in [-0.1, -0.05) is 52.7 Å². The lowest BCUT2D eigenvalue weighted by molar-refractivity contribution is -0.143. The van der Waals surface area contributed by atoms with E-state index in [2.05, 4.69) is 21.2 Å². The standard InChI is InChI=1S/C23H29BrN2O3/c1-5-21(23(28)25-16(2)3)26(14-18-8-6-7-17(4)13-18)22(27)15-29-20-11-9-19(24)10-12-20/h6-13,16,21H,5,14-15H2,1-4H3,(H,25,28)/t21-/m0/s1. The molecule has 0 heterocycles. The Labute approximate surface area is 181 Å². The summed E-state index contributed by atoms with van der Waals surface area (Å²) < 4.78 is 6.62. The lowest BCUT2D eigenvalue weighted by Crippen LogP contribution is -2.51.